The van der Waals surface area contributed by atoms with Gasteiger partial charge in [-0.2, -0.15) is 0 Å². The summed E-state index contributed by atoms with van der Waals surface area (Å²) < 4.78 is 0. The average molecular weight is 784 g/mol. The van der Waals surface area contributed by atoms with Crippen molar-refractivity contribution in [3.05, 3.63) is 200 Å². The Morgan fingerprint density at radius 3 is 1.43 bits per heavy atom. The standard InChI is InChI=1S/C56H41N5/c1-4-14-36(15-5-1)47-24-10-11-25-48(47)55-60-53(38-18-8-3-9-19-38)59-54(61-55)43-23-13-21-41(31-43)40-20-12-22-42(30-40)50-33-49(37-16-6-2-7-17-37)57-52(58-50)39-26-28-46(29-27-39)56-34-44-32-45(35-56)51(44)56/h1-31,33,44-45,51H,32,34-35H2. The van der Waals surface area contributed by atoms with Gasteiger partial charge in [0.15, 0.2) is 23.3 Å². The van der Waals surface area contributed by atoms with Gasteiger partial charge in [-0.15, -0.1) is 0 Å². The minimum atomic E-state index is 0.436. The van der Waals surface area contributed by atoms with Crippen LogP contribution in [0.3, 0.4) is 0 Å². The molecular weight excluding hydrogens is 743 g/mol. The third-order valence-corrected chi connectivity index (χ3v) is 13.6. The van der Waals surface area contributed by atoms with Crippen LogP contribution in [0.2, 0.25) is 0 Å². The van der Waals surface area contributed by atoms with E-state index in [1.807, 2.05) is 48.5 Å². The molecule has 290 valence electrons. The summed E-state index contributed by atoms with van der Waals surface area (Å²) in [6.45, 7) is 0. The second-order valence-electron chi connectivity index (χ2n) is 17.0. The lowest BCUT2D eigenvalue weighted by Crippen LogP contribution is -2.71. The zero-order chi connectivity index (χ0) is 40.3. The van der Waals surface area contributed by atoms with Crippen LogP contribution in [0.25, 0.3) is 90.3 Å². The Hall–Kier alpha value is -7.37. The van der Waals surface area contributed by atoms with Crippen LogP contribution in [-0.2, 0) is 5.41 Å². The predicted octanol–water partition coefficient (Wildman–Crippen LogP) is 13.3. The maximum atomic E-state index is 5.24. The number of hydrogen-bond donors (Lipinski definition) is 0. The highest BCUT2D eigenvalue weighted by Gasteiger charge is 2.71. The van der Waals surface area contributed by atoms with Crippen molar-refractivity contribution >= 4 is 0 Å². The number of hydrogen-bond acceptors (Lipinski definition) is 5. The average Bonchev–Trinajstić information content (AvgIpc) is 3.34. The maximum Gasteiger partial charge on any atom is 0.164 e. The molecule has 3 aliphatic rings. The molecule has 2 atom stereocenters. The minimum Gasteiger partial charge on any atom is -0.228 e. The van der Waals surface area contributed by atoms with Gasteiger partial charge in [0.25, 0.3) is 0 Å². The Morgan fingerprint density at radius 2 is 0.787 bits per heavy atom. The van der Waals surface area contributed by atoms with Gasteiger partial charge in [-0.3, -0.25) is 0 Å². The molecule has 3 fully saturated rings. The highest BCUT2D eigenvalue weighted by molar-refractivity contribution is 5.82. The molecule has 2 unspecified atom stereocenters. The number of benzene rings is 7. The van der Waals surface area contributed by atoms with Crippen molar-refractivity contribution in [2.24, 2.45) is 17.8 Å². The largest absolute Gasteiger partial charge is 0.228 e. The summed E-state index contributed by atoms with van der Waals surface area (Å²) >= 11 is 0. The molecular formula is C56H41N5. The Bertz CT molecular complexity index is 3060. The molecule has 0 spiro atoms. The molecule has 3 saturated carbocycles. The van der Waals surface area contributed by atoms with E-state index < -0.39 is 0 Å². The molecule has 2 heterocycles. The van der Waals surface area contributed by atoms with Crippen molar-refractivity contribution in [2.45, 2.75) is 24.7 Å². The van der Waals surface area contributed by atoms with Crippen molar-refractivity contribution < 1.29 is 0 Å². The van der Waals surface area contributed by atoms with Gasteiger partial charge in [-0.25, -0.2) is 24.9 Å². The van der Waals surface area contributed by atoms with E-state index in [1.54, 1.807) is 0 Å². The summed E-state index contributed by atoms with van der Waals surface area (Å²) in [6, 6.07) is 67.7. The van der Waals surface area contributed by atoms with E-state index in [0.29, 0.717) is 22.9 Å². The Balaban J connectivity index is 0.918. The first kappa shape index (κ1) is 35.6. The quantitative estimate of drug-likeness (QED) is 0.146. The molecule has 7 aromatic carbocycles. The summed E-state index contributed by atoms with van der Waals surface area (Å²) in [4.78, 5) is 25.7. The molecule has 5 nitrogen and oxygen atoms in total. The van der Waals surface area contributed by atoms with Crippen LogP contribution < -0.4 is 0 Å². The molecule has 0 aliphatic heterocycles. The molecule has 9 aromatic rings. The Morgan fingerprint density at radius 1 is 0.328 bits per heavy atom. The predicted molar refractivity (Wildman–Crippen MR) is 245 cm³/mol. The number of rotatable bonds is 9. The van der Waals surface area contributed by atoms with Crippen LogP contribution in [-0.4, -0.2) is 24.9 Å². The van der Waals surface area contributed by atoms with Gasteiger partial charge in [-0.05, 0) is 88.4 Å². The molecule has 5 heteroatoms. The summed E-state index contributed by atoms with van der Waals surface area (Å²) in [5, 5.41) is 0. The molecule has 0 saturated heterocycles. The normalized spacial score (nSPS) is 19.5. The van der Waals surface area contributed by atoms with Crippen LogP contribution in [0.5, 0.6) is 0 Å². The molecule has 12 rings (SSSR count). The monoisotopic (exact) mass is 783 g/mol. The first-order valence-corrected chi connectivity index (χ1v) is 21.4. The fraction of sp³-hybridized carbons (Fsp3) is 0.125. The zero-order valence-electron chi connectivity index (χ0n) is 33.6. The van der Waals surface area contributed by atoms with E-state index in [2.05, 4.69) is 146 Å². The van der Waals surface area contributed by atoms with Crippen molar-refractivity contribution in [3.8, 4) is 90.3 Å². The summed E-state index contributed by atoms with van der Waals surface area (Å²) in [7, 11) is 0. The molecule has 0 amide bonds. The van der Waals surface area contributed by atoms with Crippen molar-refractivity contribution in [3.63, 3.8) is 0 Å². The molecule has 0 bridgehead atoms. The molecule has 3 aliphatic carbocycles. The van der Waals surface area contributed by atoms with Crippen LogP contribution >= 0.6 is 0 Å². The van der Waals surface area contributed by atoms with Crippen molar-refractivity contribution in [1.82, 2.24) is 24.9 Å². The van der Waals surface area contributed by atoms with Crippen LogP contribution in [0.15, 0.2) is 194 Å². The topological polar surface area (TPSA) is 64.5 Å². The van der Waals surface area contributed by atoms with Crippen LogP contribution in [0, 0.1) is 17.8 Å². The number of nitrogens with zero attached hydrogens (tertiary/aromatic N) is 5. The van der Waals surface area contributed by atoms with Crippen LogP contribution in [0.1, 0.15) is 24.8 Å². The Kier molecular flexibility index (Phi) is 8.41. The lowest BCUT2D eigenvalue weighted by atomic mass is 9.28. The van der Waals surface area contributed by atoms with Gasteiger partial charge < -0.3 is 0 Å². The first-order chi connectivity index (χ1) is 30.1. The smallest absolute Gasteiger partial charge is 0.164 e. The second-order valence-corrected chi connectivity index (χ2v) is 17.0. The van der Waals surface area contributed by atoms with Gasteiger partial charge in [0.05, 0.1) is 11.4 Å². The number of aromatic nitrogens is 5. The Labute approximate surface area is 356 Å². The van der Waals surface area contributed by atoms with E-state index in [9.17, 15) is 0 Å². The van der Waals surface area contributed by atoms with Crippen molar-refractivity contribution in [2.75, 3.05) is 0 Å². The summed E-state index contributed by atoms with van der Waals surface area (Å²) in [5.74, 6) is 5.49. The summed E-state index contributed by atoms with van der Waals surface area (Å²) in [6.07, 6.45) is 4.19. The molecule has 2 aromatic heterocycles. The minimum absolute atomic E-state index is 0.436. The highest BCUT2D eigenvalue weighted by atomic mass is 15.0. The fourth-order valence-electron chi connectivity index (χ4n) is 10.6. The molecule has 0 radical (unpaired) electrons. The second kappa shape index (κ2) is 14.4. The van der Waals surface area contributed by atoms with Gasteiger partial charge in [0.1, 0.15) is 0 Å². The van der Waals surface area contributed by atoms with E-state index in [-0.39, 0.29) is 0 Å². The van der Waals surface area contributed by atoms with Crippen molar-refractivity contribution in [1.29, 1.82) is 0 Å². The van der Waals surface area contributed by atoms with Gasteiger partial charge in [0, 0.05) is 33.4 Å². The van der Waals surface area contributed by atoms with Gasteiger partial charge >= 0.3 is 0 Å². The SMILES string of the molecule is c1ccc(-c2cc(-c3cccc(-c4cccc(-c5nc(-c6ccccc6)nc(-c6ccccc6-c6ccccc6)n5)c4)c3)nc(-c3ccc(C45CC6CC(C4)C65)cc3)n2)cc1. The highest BCUT2D eigenvalue weighted by Crippen LogP contribution is 2.77. The maximum absolute atomic E-state index is 5.24. The zero-order valence-corrected chi connectivity index (χ0v) is 33.6. The van der Waals surface area contributed by atoms with E-state index in [4.69, 9.17) is 24.9 Å². The lowest BCUT2D eigenvalue weighted by molar-refractivity contribution is -0.219. The molecule has 61 heavy (non-hydrogen) atoms. The molecule has 0 N–H and O–H groups in total. The lowest BCUT2D eigenvalue weighted by Gasteiger charge is -2.76. The first-order valence-electron chi connectivity index (χ1n) is 21.4. The fourth-order valence-corrected chi connectivity index (χ4v) is 10.6. The van der Waals surface area contributed by atoms with Crippen LogP contribution in [0.4, 0.5) is 0 Å². The van der Waals surface area contributed by atoms with E-state index in [0.717, 1.165) is 90.6 Å². The summed E-state index contributed by atoms with van der Waals surface area (Å²) in [5.41, 5.74) is 14.0. The van der Waals surface area contributed by atoms with E-state index >= 15 is 0 Å². The van der Waals surface area contributed by atoms with Gasteiger partial charge in [0.2, 0.25) is 0 Å². The third kappa shape index (κ3) is 6.19. The van der Waals surface area contributed by atoms with Gasteiger partial charge in [-0.1, -0.05) is 176 Å². The van der Waals surface area contributed by atoms with E-state index in [1.165, 1.54) is 24.8 Å². The third-order valence-electron chi connectivity index (χ3n) is 13.6.